The van der Waals surface area contributed by atoms with Crippen LogP contribution in [0.5, 0.6) is 5.75 Å². The van der Waals surface area contributed by atoms with Crippen LogP contribution in [0.4, 0.5) is 0 Å². The number of hydrogen-bond acceptors (Lipinski definition) is 6. The monoisotopic (exact) mass is 371 g/mol. The van der Waals surface area contributed by atoms with Crippen LogP contribution in [0.2, 0.25) is 0 Å². The van der Waals surface area contributed by atoms with E-state index in [1.54, 1.807) is 12.3 Å². The molecule has 0 saturated carbocycles. The Balaban J connectivity index is 1.62. The summed E-state index contributed by atoms with van der Waals surface area (Å²) in [6, 6.07) is 9.01. The number of aryl methyl sites for hydroxylation is 1. The predicted octanol–water partition coefficient (Wildman–Crippen LogP) is 3.19. The van der Waals surface area contributed by atoms with Crippen molar-refractivity contribution < 1.29 is 18.7 Å². The minimum absolute atomic E-state index is 0.225. The van der Waals surface area contributed by atoms with Gasteiger partial charge in [0.1, 0.15) is 22.2 Å². The van der Waals surface area contributed by atoms with E-state index in [2.05, 4.69) is 15.8 Å². The number of benzene rings is 1. The van der Waals surface area contributed by atoms with E-state index in [1.165, 1.54) is 23.7 Å². The van der Waals surface area contributed by atoms with Crippen molar-refractivity contribution in [1.29, 1.82) is 0 Å². The molecule has 0 spiro atoms. The van der Waals surface area contributed by atoms with Crippen LogP contribution in [0, 0.1) is 6.92 Å². The predicted molar refractivity (Wildman–Crippen MR) is 97.1 cm³/mol. The van der Waals surface area contributed by atoms with Crippen LogP contribution in [-0.2, 0) is 0 Å². The van der Waals surface area contributed by atoms with E-state index < -0.39 is 11.8 Å². The van der Waals surface area contributed by atoms with E-state index in [9.17, 15) is 9.59 Å². The van der Waals surface area contributed by atoms with E-state index in [1.807, 2.05) is 31.2 Å². The first kappa shape index (κ1) is 17.7. The molecule has 0 atom stereocenters. The third-order valence-electron chi connectivity index (χ3n) is 3.54. The average Bonchev–Trinajstić information content (AvgIpc) is 3.29. The molecule has 3 rings (SSSR count). The lowest BCUT2D eigenvalue weighted by atomic mass is 10.2. The molecular weight excluding hydrogens is 354 g/mol. The Labute approximate surface area is 154 Å². The molecule has 0 unspecified atom stereocenters. The Morgan fingerprint density at radius 1 is 1.15 bits per heavy atom. The third kappa shape index (κ3) is 3.92. The summed E-state index contributed by atoms with van der Waals surface area (Å²) in [6.45, 7) is 4.19. The molecule has 7 nitrogen and oxygen atoms in total. The van der Waals surface area contributed by atoms with Gasteiger partial charge in [0, 0.05) is 10.9 Å². The molecule has 0 aliphatic heterocycles. The highest BCUT2D eigenvalue weighted by molar-refractivity contribution is 7.13. The molecule has 2 N–H and O–H groups in total. The van der Waals surface area contributed by atoms with Crippen LogP contribution in [0.3, 0.4) is 0 Å². The zero-order valence-electron chi connectivity index (χ0n) is 14.2. The highest BCUT2D eigenvalue weighted by atomic mass is 32.1. The van der Waals surface area contributed by atoms with Gasteiger partial charge in [0.2, 0.25) is 0 Å². The molecule has 8 heteroatoms. The number of amides is 2. The molecule has 1 aromatic carbocycles. The van der Waals surface area contributed by atoms with Gasteiger partial charge in [-0.15, -0.1) is 11.3 Å². The summed E-state index contributed by atoms with van der Waals surface area (Å²) in [4.78, 5) is 28.4. The number of thiazole rings is 1. The summed E-state index contributed by atoms with van der Waals surface area (Å²) in [6.07, 6.45) is 1.41. The van der Waals surface area contributed by atoms with Gasteiger partial charge in [0.05, 0.1) is 18.4 Å². The average molecular weight is 371 g/mol. The number of aromatic nitrogens is 1. The van der Waals surface area contributed by atoms with E-state index in [0.717, 1.165) is 11.3 Å². The van der Waals surface area contributed by atoms with Crippen LogP contribution in [0.1, 0.15) is 33.5 Å². The maximum atomic E-state index is 12.2. The normalized spacial score (nSPS) is 10.4. The second-order valence-corrected chi connectivity index (χ2v) is 6.15. The summed E-state index contributed by atoms with van der Waals surface area (Å²) in [5.41, 5.74) is 6.16. The summed E-state index contributed by atoms with van der Waals surface area (Å²) in [5, 5.41) is 2.34. The van der Waals surface area contributed by atoms with Crippen LogP contribution >= 0.6 is 11.3 Å². The first-order valence-electron chi connectivity index (χ1n) is 7.92. The number of ether oxygens (including phenoxy) is 1. The lowest BCUT2D eigenvalue weighted by Gasteiger charge is -2.05. The minimum Gasteiger partial charge on any atom is -0.494 e. The van der Waals surface area contributed by atoms with Gasteiger partial charge < -0.3 is 9.15 Å². The Morgan fingerprint density at radius 3 is 2.54 bits per heavy atom. The van der Waals surface area contributed by atoms with Gasteiger partial charge in [-0.2, -0.15) is 0 Å². The van der Waals surface area contributed by atoms with Crippen molar-refractivity contribution in [2.24, 2.45) is 0 Å². The highest BCUT2D eigenvalue weighted by Crippen LogP contribution is 2.25. The second-order valence-electron chi connectivity index (χ2n) is 5.29. The molecule has 0 fully saturated rings. The number of nitrogens with zero attached hydrogens (tertiary/aromatic N) is 1. The van der Waals surface area contributed by atoms with Crippen molar-refractivity contribution in [3.63, 3.8) is 0 Å². The number of hydrazine groups is 1. The zero-order chi connectivity index (χ0) is 18.5. The maximum absolute atomic E-state index is 12.2. The van der Waals surface area contributed by atoms with Gasteiger partial charge in [-0.3, -0.25) is 20.4 Å². The van der Waals surface area contributed by atoms with Crippen LogP contribution in [0.25, 0.3) is 10.6 Å². The van der Waals surface area contributed by atoms with Crippen molar-refractivity contribution in [1.82, 2.24) is 15.8 Å². The van der Waals surface area contributed by atoms with E-state index in [0.29, 0.717) is 22.9 Å². The minimum atomic E-state index is -0.493. The smallest absolute Gasteiger partial charge is 0.289 e. The van der Waals surface area contributed by atoms with Crippen molar-refractivity contribution in [2.45, 2.75) is 13.8 Å². The topological polar surface area (TPSA) is 93.5 Å². The van der Waals surface area contributed by atoms with Crippen molar-refractivity contribution in [3.05, 3.63) is 59.0 Å². The van der Waals surface area contributed by atoms with Gasteiger partial charge in [-0.1, -0.05) is 0 Å². The SMILES string of the molecule is CCOc1ccc(-c2nc(C(=O)NNC(=O)c3ccoc3C)cs2)cc1. The first-order valence-corrected chi connectivity index (χ1v) is 8.80. The van der Waals surface area contributed by atoms with Gasteiger partial charge in [0.25, 0.3) is 11.8 Å². The maximum Gasteiger partial charge on any atom is 0.289 e. The highest BCUT2D eigenvalue weighted by Gasteiger charge is 2.15. The summed E-state index contributed by atoms with van der Waals surface area (Å²) >= 11 is 1.34. The quantitative estimate of drug-likeness (QED) is 0.672. The third-order valence-corrected chi connectivity index (χ3v) is 4.43. The Morgan fingerprint density at radius 2 is 1.88 bits per heavy atom. The summed E-state index contributed by atoms with van der Waals surface area (Å²) in [5.74, 6) is 0.311. The van der Waals surface area contributed by atoms with E-state index in [4.69, 9.17) is 9.15 Å². The Bertz CT molecular complexity index is 915. The number of carbonyl (C=O) groups excluding carboxylic acids is 2. The van der Waals surface area contributed by atoms with Gasteiger partial charge in [-0.25, -0.2) is 4.98 Å². The van der Waals surface area contributed by atoms with Gasteiger partial charge in [0.15, 0.2) is 0 Å². The lowest BCUT2D eigenvalue weighted by molar-refractivity contribution is 0.0843. The van der Waals surface area contributed by atoms with Crippen molar-refractivity contribution in [2.75, 3.05) is 6.61 Å². The molecule has 0 saturated heterocycles. The van der Waals surface area contributed by atoms with Gasteiger partial charge >= 0.3 is 0 Å². The molecule has 0 aliphatic rings. The number of hydrogen-bond donors (Lipinski definition) is 2. The van der Waals surface area contributed by atoms with Crippen molar-refractivity contribution >= 4 is 23.2 Å². The molecule has 2 amide bonds. The number of nitrogens with one attached hydrogen (secondary N) is 2. The molecule has 3 aromatic rings. The first-order chi connectivity index (χ1) is 12.6. The summed E-state index contributed by atoms with van der Waals surface area (Å²) in [7, 11) is 0. The van der Waals surface area contributed by atoms with E-state index in [-0.39, 0.29) is 5.69 Å². The molecule has 2 aromatic heterocycles. The van der Waals surface area contributed by atoms with Crippen LogP contribution in [-0.4, -0.2) is 23.4 Å². The Kier molecular flexibility index (Phi) is 5.33. The molecule has 26 heavy (non-hydrogen) atoms. The molecule has 134 valence electrons. The number of carbonyl (C=O) groups is 2. The fraction of sp³-hybridized carbons (Fsp3) is 0.167. The zero-order valence-corrected chi connectivity index (χ0v) is 15.1. The standard InChI is InChI=1S/C18H17N3O4S/c1-3-24-13-6-4-12(5-7-13)18-19-15(10-26-18)17(23)21-20-16(22)14-8-9-25-11(14)2/h4-10H,3H2,1-2H3,(H,20,22)(H,21,23). The molecule has 0 radical (unpaired) electrons. The fourth-order valence-corrected chi connectivity index (χ4v) is 3.04. The van der Waals surface area contributed by atoms with E-state index >= 15 is 0 Å². The van der Waals surface area contributed by atoms with Crippen molar-refractivity contribution in [3.8, 4) is 16.3 Å². The van der Waals surface area contributed by atoms with Crippen LogP contribution in [0.15, 0.2) is 46.4 Å². The Hall–Kier alpha value is -3.13. The van der Waals surface area contributed by atoms with Crippen LogP contribution < -0.4 is 15.6 Å². The summed E-state index contributed by atoms with van der Waals surface area (Å²) < 4.78 is 10.5. The van der Waals surface area contributed by atoms with Gasteiger partial charge in [-0.05, 0) is 44.2 Å². The molecule has 0 aliphatic carbocycles. The molecule has 0 bridgehead atoms. The molecule has 2 heterocycles. The molecular formula is C18H17N3O4S. The number of furan rings is 1. The lowest BCUT2D eigenvalue weighted by Crippen LogP contribution is -2.41. The fourth-order valence-electron chi connectivity index (χ4n) is 2.24. The second kappa shape index (κ2) is 7.83. The largest absolute Gasteiger partial charge is 0.494 e. The number of rotatable bonds is 5.